The van der Waals surface area contributed by atoms with Crippen molar-refractivity contribution >= 4 is 17.2 Å². The molecule has 1 amide bonds. The van der Waals surface area contributed by atoms with Gasteiger partial charge in [0.2, 0.25) is 0 Å². The summed E-state index contributed by atoms with van der Waals surface area (Å²) < 4.78 is 2.04. The molecule has 0 spiro atoms. The van der Waals surface area contributed by atoms with Crippen LogP contribution in [0.15, 0.2) is 17.6 Å². The van der Waals surface area contributed by atoms with E-state index in [0.29, 0.717) is 12.6 Å². The molecule has 1 fully saturated rings. The molecule has 3 rings (SSSR count). The highest BCUT2D eigenvalue weighted by molar-refractivity contribution is 7.12. The van der Waals surface area contributed by atoms with Crippen molar-refractivity contribution in [2.45, 2.75) is 32.7 Å². The third-order valence-electron chi connectivity index (χ3n) is 3.96. The van der Waals surface area contributed by atoms with Gasteiger partial charge in [0.15, 0.2) is 5.13 Å². The van der Waals surface area contributed by atoms with Crippen LogP contribution >= 0.6 is 11.3 Å². The molecule has 2 aromatic heterocycles. The molecule has 1 atom stereocenters. The predicted molar refractivity (Wildman–Crippen MR) is 84.3 cm³/mol. The van der Waals surface area contributed by atoms with Crippen molar-refractivity contribution in [2.75, 3.05) is 13.1 Å². The largest absolute Gasteiger partial charge is 0.350 e. The number of thiazole rings is 1. The van der Waals surface area contributed by atoms with Crippen molar-refractivity contribution in [3.05, 3.63) is 34.6 Å². The van der Waals surface area contributed by atoms with Gasteiger partial charge in [-0.2, -0.15) is 0 Å². The van der Waals surface area contributed by atoms with Crippen LogP contribution in [0.1, 0.15) is 34.6 Å². The highest BCUT2D eigenvalue weighted by atomic mass is 32.1. The first-order valence-corrected chi connectivity index (χ1v) is 8.15. The molecule has 1 aliphatic rings. The van der Waals surface area contributed by atoms with Crippen molar-refractivity contribution in [2.24, 2.45) is 0 Å². The van der Waals surface area contributed by atoms with Crippen LogP contribution in [0.4, 0.5) is 0 Å². The van der Waals surface area contributed by atoms with E-state index in [1.807, 2.05) is 29.9 Å². The first-order valence-electron chi connectivity index (χ1n) is 7.27. The topological polar surface area (TPSA) is 59.0 Å². The Balaban J connectivity index is 1.76. The Hall–Kier alpha value is -1.66. The summed E-state index contributed by atoms with van der Waals surface area (Å²) >= 11 is 1.57. The van der Waals surface area contributed by atoms with Gasteiger partial charge >= 0.3 is 0 Å². The van der Waals surface area contributed by atoms with Crippen LogP contribution in [0, 0.1) is 13.8 Å². The SMILES string of the molecule is Cc1cc(C(=O)NCC2CCCN2)c(C)n1-c1nccs1. The van der Waals surface area contributed by atoms with E-state index in [1.165, 1.54) is 6.42 Å². The summed E-state index contributed by atoms with van der Waals surface area (Å²) in [5.41, 5.74) is 2.71. The molecule has 112 valence electrons. The normalized spacial score (nSPS) is 18.1. The minimum absolute atomic E-state index is 0.000365. The molecule has 0 saturated carbocycles. The number of nitrogens with zero attached hydrogens (tertiary/aromatic N) is 2. The summed E-state index contributed by atoms with van der Waals surface area (Å²) in [6, 6.07) is 2.35. The second-order valence-electron chi connectivity index (χ2n) is 5.44. The molecule has 2 aromatic rings. The highest BCUT2D eigenvalue weighted by Crippen LogP contribution is 2.22. The van der Waals surface area contributed by atoms with Crippen molar-refractivity contribution in [1.29, 1.82) is 0 Å². The molecular formula is C15H20N4OS. The second kappa shape index (κ2) is 5.99. The Morgan fingerprint density at radius 3 is 3.10 bits per heavy atom. The fraction of sp³-hybridized carbons (Fsp3) is 0.467. The van der Waals surface area contributed by atoms with E-state index in [9.17, 15) is 4.79 Å². The number of aromatic nitrogens is 2. The Kier molecular flexibility index (Phi) is 4.07. The minimum atomic E-state index is -0.000365. The van der Waals surface area contributed by atoms with E-state index >= 15 is 0 Å². The zero-order valence-corrected chi connectivity index (χ0v) is 13.2. The summed E-state index contributed by atoms with van der Waals surface area (Å²) in [5, 5.41) is 9.27. The number of aryl methyl sites for hydroxylation is 1. The Morgan fingerprint density at radius 1 is 1.57 bits per heavy atom. The first-order chi connectivity index (χ1) is 10.2. The summed E-state index contributed by atoms with van der Waals surface area (Å²) in [6.45, 7) is 5.72. The van der Waals surface area contributed by atoms with E-state index in [4.69, 9.17) is 0 Å². The summed E-state index contributed by atoms with van der Waals surface area (Å²) in [4.78, 5) is 16.7. The number of hydrogen-bond donors (Lipinski definition) is 2. The van der Waals surface area contributed by atoms with E-state index in [2.05, 4.69) is 15.6 Å². The Morgan fingerprint density at radius 2 is 2.43 bits per heavy atom. The summed E-state index contributed by atoms with van der Waals surface area (Å²) in [6.07, 6.45) is 4.11. The monoisotopic (exact) mass is 304 g/mol. The highest BCUT2D eigenvalue weighted by Gasteiger charge is 2.19. The van der Waals surface area contributed by atoms with Gasteiger partial charge in [-0.25, -0.2) is 4.98 Å². The average molecular weight is 304 g/mol. The quantitative estimate of drug-likeness (QED) is 0.908. The van der Waals surface area contributed by atoms with Gasteiger partial charge in [-0.1, -0.05) is 0 Å². The van der Waals surface area contributed by atoms with E-state index in [-0.39, 0.29) is 5.91 Å². The van der Waals surface area contributed by atoms with Crippen LogP contribution in [0.2, 0.25) is 0 Å². The molecular weight excluding hydrogens is 284 g/mol. The molecule has 1 saturated heterocycles. The number of hydrogen-bond acceptors (Lipinski definition) is 4. The lowest BCUT2D eigenvalue weighted by molar-refractivity contribution is 0.0949. The van der Waals surface area contributed by atoms with Gasteiger partial charge < -0.3 is 10.6 Å². The fourth-order valence-electron chi connectivity index (χ4n) is 2.86. The molecule has 3 heterocycles. The minimum Gasteiger partial charge on any atom is -0.350 e. The lowest BCUT2D eigenvalue weighted by Gasteiger charge is -2.11. The number of carbonyl (C=O) groups is 1. The maximum atomic E-state index is 12.4. The van der Waals surface area contributed by atoms with Gasteiger partial charge in [0.05, 0.1) is 5.56 Å². The molecule has 0 radical (unpaired) electrons. The number of carbonyl (C=O) groups excluding carboxylic acids is 1. The van der Waals surface area contributed by atoms with Crippen LogP contribution in [-0.4, -0.2) is 34.6 Å². The van der Waals surface area contributed by atoms with E-state index in [0.717, 1.165) is 35.0 Å². The molecule has 5 nitrogen and oxygen atoms in total. The smallest absolute Gasteiger partial charge is 0.253 e. The molecule has 0 aliphatic carbocycles. The van der Waals surface area contributed by atoms with Crippen LogP contribution in [0.3, 0.4) is 0 Å². The van der Waals surface area contributed by atoms with Gasteiger partial charge in [-0.05, 0) is 39.3 Å². The van der Waals surface area contributed by atoms with Gasteiger partial charge in [-0.3, -0.25) is 9.36 Å². The number of rotatable bonds is 4. The lowest BCUT2D eigenvalue weighted by Crippen LogP contribution is -2.37. The predicted octanol–water partition coefficient (Wildman–Crippen LogP) is 2.03. The molecule has 1 aliphatic heterocycles. The van der Waals surface area contributed by atoms with Crippen LogP contribution in [0.25, 0.3) is 5.13 Å². The van der Waals surface area contributed by atoms with Gasteiger partial charge in [0.1, 0.15) is 0 Å². The van der Waals surface area contributed by atoms with Crippen molar-refractivity contribution in [3.63, 3.8) is 0 Å². The standard InChI is InChI=1S/C15H20N4OS/c1-10-8-13(11(2)19(10)15-17-6-7-21-15)14(20)18-9-12-4-3-5-16-12/h6-8,12,16H,3-5,9H2,1-2H3,(H,18,20). The number of amides is 1. The van der Waals surface area contributed by atoms with Crippen molar-refractivity contribution < 1.29 is 4.79 Å². The number of nitrogens with one attached hydrogen (secondary N) is 2. The van der Waals surface area contributed by atoms with E-state index in [1.54, 1.807) is 17.5 Å². The first kappa shape index (κ1) is 14.3. The Labute approximate surface area is 128 Å². The zero-order valence-electron chi connectivity index (χ0n) is 12.3. The van der Waals surface area contributed by atoms with Crippen molar-refractivity contribution in [1.82, 2.24) is 20.2 Å². The molecule has 1 unspecified atom stereocenters. The summed E-state index contributed by atoms with van der Waals surface area (Å²) in [5.74, 6) is -0.000365. The van der Waals surface area contributed by atoms with Crippen molar-refractivity contribution in [3.8, 4) is 5.13 Å². The molecule has 2 N–H and O–H groups in total. The Bertz CT molecular complexity index is 626. The molecule has 21 heavy (non-hydrogen) atoms. The van der Waals surface area contributed by atoms with Gasteiger partial charge in [0.25, 0.3) is 5.91 Å². The average Bonchev–Trinajstić information content (AvgIpc) is 3.18. The maximum absolute atomic E-state index is 12.4. The summed E-state index contributed by atoms with van der Waals surface area (Å²) in [7, 11) is 0. The zero-order chi connectivity index (χ0) is 14.8. The second-order valence-corrected chi connectivity index (χ2v) is 6.31. The van der Waals surface area contributed by atoms with Gasteiger partial charge in [-0.15, -0.1) is 11.3 Å². The van der Waals surface area contributed by atoms with Crippen LogP contribution < -0.4 is 10.6 Å². The lowest BCUT2D eigenvalue weighted by atomic mass is 10.2. The molecule has 6 heteroatoms. The van der Waals surface area contributed by atoms with Crippen LogP contribution in [-0.2, 0) is 0 Å². The fourth-order valence-corrected chi connectivity index (χ4v) is 3.61. The third kappa shape index (κ3) is 2.87. The van der Waals surface area contributed by atoms with E-state index < -0.39 is 0 Å². The maximum Gasteiger partial charge on any atom is 0.253 e. The third-order valence-corrected chi connectivity index (χ3v) is 4.71. The van der Waals surface area contributed by atoms with Gasteiger partial charge in [0, 0.05) is 35.6 Å². The molecule has 0 bridgehead atoms. The molecule has 0 aromatic carbocycles. The van der Waals surface area contributed by atoms with Crippen LogP contribution in [0.5, 0.6) is 0 Å².